The van der Waals surface area contributed by atoms with E-state index in [2.05, 4.69) is 36.0 Å². The van der Waals surface area contributed by atoms with E-state index in [9.17, 15) is 0 Å². The van der Waals surface area contributed by atoms with E-state index < -0.39 is 0 Å². The van der Waals surface area contributed by atoms with E-state index >= 15 is 0 Å². The molecule has 0 saturated heterocycles. The minimum Gasteiger partial charge on any atom is -0.262 e. The molecule has 62 valence electrons. The molecule has 3 nitrogen and oxygen atoms in total. The number of rotatable bonds is 1. The van der Waals surface area contributed by atoms with Crippen molar-refractivity contribution in [1.82, 2.24) is 15.2 Å². The molecule has 1 heterocycles. The van der Waals surface area contributed by atoms with Gasteiger partial charge in [0, 0.05) is 5.41 Å². The summed E-state index contributed by atoms with van der Waals surface area (Å²) in [6.07, 6.45) is 1.97. The third-order valence-electron chi connectivity index (χ3n) is 1.36. The van der Waals surface area contributed by atoms with Crippen molar-refractivity contribution in [2.45, 2.75) is 31.3 Å². The summed E-state index contributed by atoms with van der Waals surface area (Å²) in [4.78, 5) is 4.30. The van der Waals surface area contributed by atoms with E-state index in [4.69, 9.17) is 0 Å². The molecular formula is C7H13N3S. The highest BCUT2D eigenvalue weighted by molar-refractivity contribution is 7.98. The topological polar surface area (TPSA) is 41.6 Å². The molecule has 0 atom stereocenters. The maximum Gasteiger partial charge on any atom is 0.208 e. The van der Waals surface area contributed by atoms with Gasteiger partial charge in [0.1, 0.15) is 5.82 Å². The summed E-state index contributed by atoms with van der Waals surface area (Å²) in [7, 11) is 0. The Labute approximate surface area is 71.0 Å². The monoisotopic (exact) mass is 171 g/mol. The second-order valence-electron chi connectivity index (χ2n) is 3.42. The van der Waals surface area contributed by atoms with Crippen molar-refractivity contribution < 1.29 is 0 Å². The lowest BCUT2D eigenvalue weighted by atomic mass is 9.96. The summed E-state index contributed by atoms with van der Waals surface area (Å²) in [6.45, 7) is 6.33. The number of nitrogens with zero attached hydrogens (tertiary/aromatic N) is 2. The maximum atomic E-state index is 4.30. The first-order chi connectivity index (χ1) is 5.04. The van der Waals surface area contributed by atoms with Gasteiger partial charge in [0.15, 0.2) is 0 Å². The maximum absolute atomic E-state index is 4.30. The number of hydrogen-bond donors (Lipinski definition) is 1. The van der Waals surface area contributed by atoms with Gasteiger partial charge in [-0.25, -0.2) is 4.98 Å². The lowest BCUT2D eigenvalue weighted by Crippen LogP contribution is -2.13. The normalized spacial score (nSPS) is 12.0. The smallest absolute Gasteiger partial charge is 0.208 e. The van der Waals surface area contributed by atoms with Gasteiger partial charge in [-0.15, -0.1) is 5.10 Å². The van der Waals surface area contributed by atoms with Crippen molar-refractivity contribution in [3.05, 3.63) is 5.82 Å². The minimum absolute atomic E-state index is 0.0704. The molecule has 0 aliphatic carbocycles. The van der Waals surface area contributed by atoms with E-state index in [1.807, 2.05) is 6.26 Å². The fourth-order valence-corrected chi connectivity index (χ4v) is 0.993. The molecule has 1 rings (SSSR count). The molecule has 1 aromatic rings. The van der Waals surface area contributed by atoms with Gasteiger partial charge in [0.25, 0.3) is 0 Å². The zero-order valence-corrected chi connectivity index (χ0v) is 8.12. The number of aromatic nitrogens is 3. The molecule has 0 fully saturated rings. The zero-order chi connectivity index (χ0) is 8.48. The SMILES string of the molecule is CSc1n[nH]c(C(C)(C)C)n1. The Bertz CT molecular complexity index is 236. The molecule has 1 N–H and O–H groups in total. The summed E-state index contributed by atoms with van der Waals surface area (Å²) in [5.41, 5.74) is 0.0704. The van der Waals surface area contributed by atoms with Gasteiger partial charge in [-0.2, -0.15) is 0 Å². The van der Waals surface area contributed by atoms with Gasteiger partial charge in [-0.1, -0.05) is 32.5 Å². The first-order valence-corrected chi connectivity index (χ1v) is 4.73. The Balaban J connectivity index is 2.89. The van der Waals surface area contributed by atoms with Gasteiger partial charge in [0.05, 0.1) is 0 Å². The summed E-state index contributed by atoms with van der Waals surface area (Å²) in [5, 5.41) is 7.76. The molecule has 0 aliphatic heterocycles. The highest BCUT2D eigenvalue weighted by atomic mass is 32.2. The van der Waals surface area contributed by atoms with Crippen molar-refractivity contribution in [3.63, 3.8) is 0 Å². The van der Waals surface area contributed by atoms with E-state index in [0.29, 0.717) is 0 Å². The van der Waals surface area contributed by atoms with Crippen molar-refractivity contribution >= 4 is 11.8 Å². The zero-order valence-electron chi connectivity index (χ0n) is 7.30. The molecule has 0 spiro atoms. The van der Waals surface area contributed by atoms with Gasteiger partial charge in [-0.3, -0.25) is 5.10 Å². The highest BCUT2D eigenvalue weighted by Gasteiger charge is 2.17. The quantitative estimate of drug-likeness (QED) is 0.655. The lowest BCUT2D eigenvalue weighted by Gasteiger charge is -2.12. The highest BCUT2D eigenvalue weighted by Crippen LogP contribution is 2.19. The summed E-state index contributed by atoms with van der Waals surface area (Å²) in [5.74, 6) is 0.946. The average Bonchev–Trinajstić information content (AvgIpc) is 2.32. The van der Waals surface area contributed by atoms with Gasteiger partial charge >= 0.3 is 0 Å². The third kappa shape index (κ3) is 1.96. The first kappa shape index (κ1) is 8.59. The van der Waals surface area contributed by atoms with Crippen LogP contribution >= 0.6 is 11.8 Å². The predicted octanol–water partition coefficient (Wildman–Crippen LogP) is 1.82. The summed E-state index contributed by atoms with van der Waals surface area (Å²) >= 11 is 1.55. The number of H-pyrrole nitrogens is 1. The third-order valence-corrected chi connectivity index (χ3v) is 1.91. The molecule has 0 unspecified atom stereocenters. The predicted molar refractivity (Wildman–Crippen MR) is 46.9 cm³/mol. The number of nitrogens with one attached hydrogen (secondary N) is 1. The van der Waals surface area contributed by atoms with Crippen LogP contribution in [-0.4, -0.2) is 21.4 Å². The largest absolute Gasteiger partial charge is 0.262 e. The molecule has 0 saturated carbocycles. The standard InChI is InChI=1S/C7H13N3S/c1-7(2,3)5-8-6(11-4)10-9-5/h1-4H3,(H,8,9,10). The average molecular weight is 171 g/mol. The molecule has 0 aliphatic rings. The summed E-state index contributed by atoms with van der Waals surface area (Å²) < 4.78 is 0. The van der Waals surface area contributed by atoms with Gasteiger partial charge < -0.3 is 0 Å². The second-order valence-corrected chi connectivity index (χ2v) is 4.19. The number of aromatic amines is 1. The van der Waals surface area contributed by atoms with Crippen LogP contribution in [0.25, 0.3) is 0 Å². The van der Waals surface area contributed by atoms with Crippen LogP contribution < -0.4 is 0 Å². The Morgan fingerprint density at radius 1 is 1.36 bits per heavy atom. The Morgan fingerprint density at radius 2 is 2.00 bits per heavy atom. The van der Waals surface area contributed by atoms with Gasteiger partial charge in [0.2, 0.25) is 5.16 Å². The molecule has 0 amide bonds. The van der Waals surface area contributed by atoms with Gasteiger partial charge in [-0.05, 0) is 6.26 Å². The minimum atomic E-state index is 0.0704. The van der Waals surface area contributed by atoms with Crippen LogP contribution in [0, 0.1) is 0 Å². The number of hydrogen-bond acceptors (Lipinski definition) is 3. The van der Waals surface area contributed by atoms with Crippen LogP contribution in [0.3, 0.4) is 0 Å². The van der Waals surface area contributed by atoms with E-state index in [1.54, 1.807) is 11.8 Å². The molecular weight excluding hydrogens is 158 g/mol. The van der Waals surface area contributed by atoms with E-state index in [0.717, 1.165) is 11.0 Å². The fourth-order valence-electron chi connectivity index (χ4n) is 0.673. The summed E-state index contributed by atoms with van der Waals surface area (Å²) in [6, 6.07) is 0. The van der Waals surface area contributed by atoms with Crippen LogP contribution in [0.5, 0.6) is 0 Å². The van der Waals surface area contributed by atoms with Crippen molar-refractivity contribution in [2.24, 2.45) is 0 Å². The van der Waals surface area contributed by atoms with E-state index in [1.165, 1.54) is 0 Å². The van der Waals surface area contributed by atoms with Crippen LogP contribution in [0.4, 0.5) is 0 Å². The Hall–Kier alpha value is -0.510. The Morgan fingerprint density at radius 3 is 2.27 bits per heavy atom. The Kier molecular flexibility index (Phi) is 2.23. The van der Waals surface area contributed by atoms with Crippen molar-refractivity contribution in [1.29, 1.82) is 0 Å². The van der Waals surface area contributed by atoms with Crippen molar-refractivity contribution in [2.75, 3.05) is 6.26 Å². The number of thioether (sulfide) groups is 1. The van der Waals surface area contributed by atoms with Crippen LogP contribution in [0.2, 0.25) is 0 Å². The molecule has 4 heteroatoms. The van der Waals surface area contributed by atoms with Crippen molar-refractivity contribution in [3.8, 4) is 0 Å². The molecule has 1 aromatic heterocycles. The fraction of sp³-hybridized carbons (Fsp3) is 0.714. The molecule has 0 bridgehead atoms. The van der Waals surface area contributed by atoms with E-state index in [-0.39, 0.29) is 5.41 Å². The first-order valence-electron chi connectivity index (χ1n) is 3.51. The van der Waals surface area contributed by atoms with Crippen LogP contribution in [-0.2, 0) is 5.41 Å². The second kappa shape index (κ2) is 2.85. The van der Waals surface area contributed by atoms with Crippen LogP contribution in [0.1, 0.15) is 26.6 Å². The lowest BCUT2D eigenvalue weighted by molar-refractivity contribution is 0.547. The molecule has 0 aromatic carbocycles. The molecule has 11 heavy (non-hydrogen) atoms. The van der Waals surface area contributed by atoms with Crippen LogP contribution in [0.15, 0.2) is 5.16 Å². The molecule has 0 radical (unpaired) electrons.